The third kappa shape index (κ3) is 3.02. The van der Waals surface area contributed by atoms with Crippen LogP contribution in [0.1, 0.15) is 12.5 Å². The van der Waals surface area contributed by atoms with Gasteiger partial charge in [-0.25, -0.2) is 0 Å². The summed E-state index contributed by atoms with van der Waals surface area (Å²) in [5, 5.41) is 3.61. The first-order valence-corrected chi connectivity index (χ1v) is 7.90. The van der Waals surface area contributed by atoms with Crippen molar-refractivity contribution in [3.8, 4) is 0 Å². The minimum atomic E-state index is 0.692. The number of fused-ring (bicyclic) bond motifs is 1. The number of hydrogen-bond donors (Lipinski definition) is 0. The number of hydrogen-bond acceptors (Lipinski definition) is 2. The molecule has 0 fully saturated rings. The van der Waals surface area contributed by atoms with Crippen molar-refractivity contribution in [3.05, 3.63) is 33.6 Å². The summed E-state index contributed by atoms with van der Waals surface area (Å²) >= 11 is 11.3. The third-order valence-corrected chi connectivity index (χ3v) is 4.69. The summed E-state index contributed by atoms with van der Waals surface area (Å²) in [6, 6.07) is 6.37. The zero-order valence-electron chi connectivity index (χ0n) is 9.75. The maximum Gasteiger partial charge on any atom is 0.0357 e. The van der Waals surface area contributed by atoms with Crippen molar-refractivity contribution in [2.24, 2.45) is 0 Å². The van der Waals surface area contributed by atoms with E-state index in [9.17, 15) is 0 Å². The van der Waals surface area contributed by atoms with Gasteiger partial charge in [-0.2, -0.15) is 0 Å². The van der Waals surface area contributed by atoms with Gasteiger partial charge >= 0.3 is 0 Å². The molecule has 1 aromatic carbocycles. The monoisotopic (exact) mass is 331 g/mol. The van der Waals surface area contributed by atoms with Crippen LogP contribution < -0.4 is 0 Å². The molecular weight excluding hydrogens is 318 g/mol. The smallest absolute Gasteiger partial charge is 0.0357 e. The maximum absolute atomic E-state index is 5.82. The molecule has 92 valence electrons. The number of benzene rings is 1. The van der Waals surface area contributed by atoms with Gasteiger partial charge in [0.25, 0.3) is 0 Å². The van der Waals surface area contributed by atoms with Gasteiger partial charge in [-0.15, -0.1) is 22.9 Å². The van der Waals surface area contributed by atoms with Gasteiger partial charge in [-0.3, -0.25) is 4.90 Å². The van der Waals surface area contributed by atoms with E-state index in [0.717, 1.165) is 19.6 Å². The van der Waals surface area contributed by atoms with Crippen molar-refractivity contribution in [2.75, 3.05) is 19.0 Å². The standard InChI is InChI=1S/C13H15BrClNS/c1-2-16(7-6-15)8-10-9-17-12-5-3-4-11(14)13(10)12/h3-5,9H,2,6-8H2,1H3. The van der Waals surface area contributed by atoms with E-state index < -0.39 is 0 Å². The second-order valence-electron chi connectivity index (χ2n) is 3.93. The Balaban J connectivity index is 2.29. The number of halogens is 2. The summed E-state index contributed by atoms with van der Waals surface area (Å²) in [6.07, 6.45) is 0. The molecule has 0 saturated carbocycles. The van der Waals surface area contributed by atoms with Crippen LogP contribution in [0.4, 0.5) is 0 Å². The third-order valence-electron chi connectivity index (χ3n) is 2.87. The molecule has 0 spiro atoms. The second-order valence-corrected chi connectivity index (χ2v) is 6.08. The molecule has 17 heavy (non-hydrogen) atoms. The fourth-order valence-corrected chi connectivity index (χ4v) is 3.90. The van der Waals surface area contributed by atoms with Crippen LogP contribution in [0.5, 0.6) is 0 Å². The minimum absolute atomic E-state index is 0.692. The van der Waals surface area contributed by atoms with Crippen molar-refractivity contribution in [3.63, 3.8) is 0 Å². The van der Waals surface area contributed by atoms with E-state index >= 15 is 0 Å². The van der Waals surface area contributed by atoms with Gasteiger partial charge < -0.3 is 0 Å². The molecule has 0 saturated heterocycles. The number of nitrogens with zero attached hydrogens (tertiary/aromatic N) is 1. The van der Waals surface area contributed by atoms with Gasteiger partial charge in [0.1, 0.15) is 0 Å². The highest BCUT2D eigenvalue weighted by atomic mass is 79.9. The van der Waals surface area contributed by atoms with Crippen molar-refractivity contribution < 1.29 is 0 Å². The highest BCUT2D eigenvalue weighted by molar-refractivity contribution is 9.10. The predicted octanol–water partition coefficient (Wildman–Crippen LogP) is 4.72. The molecule has 0 unspecified atom stereocenters. The quantitative estimate of drug-likeness (QED) is 0.716. The van der Waals surface area contributed by atoms with Crippen molar-refractivity contribution >= 4 is 49.0 Å². The Hall–Kier alpha value is -0.0900. The molecule has 0 atom stereocenters. The SMILES string of the molecule is CCN(CCCl)Cc1csc2cccc(Br)c12. The van der Waals surface area contributed by atoms with Crippen LogP contribution in [0.2, 0.25) is 0 Å². The van der Waals surface area contributed by atoms with Crippen LogP contribution in [0.3, 0.4) is 0 Å². The summed E-state index contributed by atoms with van der Waals surface area (Å²) in [7, 11) is 0. The number of thiophene rings is 1. The Labute approximate surface area is 120 Å². The molecule has 0 radical (unpaired) electrons. The van der Waals surface area contributed by atoms with Gasteiger partial charge in [0, 0.05) is 33.5 Å². The van der Waals surface area contributed by atoms with Gasteiger partial charge in [0.15, 0.2) is 0 Å². The zero-order chi connectivity index (χ0) is 12.3. The minimum Gasteiger partial charge on any atom is -0.298 e. The molecule has 0 amide bonds. The second kappa shape index (κ2) is 6.19. The lowest BCUT2D eigenvalue weighted by molar-refractivity contribution is 0.299. The molecule has 0 aliphatic carbocycles. The number of alkyl halides is 1. The molecule has 1 aromatic heterocycles. The largest absolute Gasteiger partial charge is 0.298 e. The first-order chi connectivity index (χ1) is 8.26. The Morgan fingerprint density at radius 1 is 1.41 bits per heavy atom. The topological polar surface area (TPSA) is 3.24 Å². The molecule has 1 nitrogen and oxygen atoms in total. The van der Waals surface area contributed by atoms with Crippen LogP contribution in [-0.2, 0) is 6.54 Å². The molecule has 0 bridgehead atoms. The Morgan fingerprint density at radius 2 is 2.24 bits per heavy atom. The van der Waals surface area contributed by atoms with E-state index in [1.54, 1.807) is 0 Å². The van der Waals surface area contributed by atoms with E-state index in [1.165, 1.54) is 20.1 Å². The van der Waals surface area contributed by atoms with E-state index in [0.29, 0.717) is 5.88 Å². The Kier molecular flexibility index (Phi) is 4.86. The lowest BCUT2D eigenvalue weighted by Crippen LogP contribution is -2.24. The first kappa shape index (κ1) is 13.3. The average molecular weight is 333 g/mol. The van der Waals surface area contributed by atoms with Crippen molar-refractivity contribution in [1.82, 2.24) is 4.90 Å². The summed E-state index contributed by atoms with van der Waals surface area (Å²) in [5.74, 6) is 0.692. The fraction of sp³-hybridized carbons (Fsp3) is 0.385. The molecule has 4 heteroatoms. The first-order valence-electron chi connectivity index (χ1n) is 5.69. The van der Waals surface area contributed by atoms with Gasteiger partial charge in [0.2, 0.25) is 0 Å². The van der Waals surface area contributed by atoms with E-state index in [1.807, 2.05) is 11.3 Å². The molecule has 2 aromatic rings. The van der Waals surface area contributed by atoms with Crippen LogP contribution in [0.15, 0.2) is 28.1 Å². The van der Waals surface area contributed by atoms with E-state index in [2.05, 4.69) is 51.3 Å². The highest BCUT2D eigenvalue weighted by Crippen LogP contribution is 2.32. The predicted molar refractivity (Wildman–Crippen MR) is 81.2 cm³/mol. The highest BCUT2D eigenvalue weighted by Gasteiger charge is 2.10. The van der Waals surface area contributed by atoms with Gasteiger partial charge in [-0.1, -0.05) is 28.9 Å². The van der Waals surface area contributed by atoms with Crippen LogP contribution in [0.25, 0.3) is 10.1 Å². The normalized spacial score (nSPS) is 11.5. The molecule has 0 N–H and O–H groups in total. The number of rotatable bonds is 5. The average Bonchev–Trinajstić information content (AvgIpc) is 2.73. The van der Waals surface area contributed by atoms with E-state index in [4.69, 9.17) is 11.6 Å². The molecule has 0 aliphatic rings. The summed E-state index contributed by atoms with van der Waals surface area (Å²) in [5.41, 5.74) is 1.39. The maximum atomic E-state index is 5.82. The van der Waals surface area contributed by atoms with Crippen molar-refractivity contribution in [2.45, 2.75) is 13.5 Å². The Morgan fingerprint density at radius 3 is 2.94 bits per heavy atom. The van der Waals surface area contributed by atoms with Crippen molar-refractivity contribution in [1.29, 1.82) is 0 Å². The molecule has 2 rings (SSSR count). The molecule has 1 heterocycles. The molecular formula is C13H15BrClNS. The lowest BCUT2D eigenvalue weighted by Gasteiger charge is -2.18. The van der Waals surface area contributed by atoms with Crippen LogP contribution in [-0.4, -0.2) is 23.9 Å². The van der Waals surface area contributed by atoms with Gasteiger partial charge in [0.05, 0.1) is 0 Å². The fourth-order valence-electron chi connectivity index (χ4n) is 1.93. The molecule has 0 aliphatic heterocycles. The van der Waals surface area contributed by atoms with E-state index in [-0.39, 0.29) is 0 Å². The summed E-state index contributed by atoms with van der Waals surface area (Å²) in [4.78, 5) is 2.37. The Bertz CT molecular complexity index is 497. The zero-order valence-corrected chi connectivity index (χ0v) is 12.9. The summed E-state index contributed by atoms with van der Waals surface area (Å²) in [6.45, 7) is 5.14. The van der Waals surface area contributed by atoms with Crippen LogP contribution in [0, 0.1) is 0 Å². The summed E-state index contributed by atoms with van der Waals surface area (Å²) < 4.78 is 2.53. The lowest BCUT2D eigenvalue weighted by atomic mass is 10.1. The van der Waals surface area contributed by atoms with Crippen LogP contribution >= 0.6 is 38.9 Å². The van der Waals surface area contributed by atoms with Gasteiger partial charge in [-0.05, 0) is 29.6 Å².